The molecule has 36 heavy (non-hydrogen) atoms. The van der Waals surface area contributed by atoms with Gasteiger partial charge in [0.05, 0.1) is 16.6 Å². The second kappa shape index (κ2) is 11.6. The van der Waals surface area contributed by atoms with Gasteiger partial charge in [-0.3, -0.25) is 9.10 Å². The third-order valence-electron chi connectivity index (χ3n) is 6.65. The molecule has 8 heteroatoms. The van der Waals surface area contributed by atoms with Gasteiger partial charge in [0.2, 0.25) is 5.91 Å². The zero-order chi connectivity index (χ0) is 25.7. The lowest BCUT2D eigenvalue weighted by atomic mass is 9.98. The molecule has 1 amide bonds. The van der Waals surface area contributed by atoms with Gasteiger partial charge in [-0.25, -0.2) is 8.42 Å². The molecule has 1 saturated heterocycles. The molecule has 0 saturated carbocycles. The summed E-state index contributed by atoms with van der Waals surface area (Å²) in [7, 11) is -3.92. The van der Waals surface area contributed by atoms with Crippen LogP contribution in [0.4, 0.5) is 11.4 Å². The maximum Gasteiger partial charge on any atom is 0.264 e. The van der Waals surface area contributed by atoms with Crippen LogP contribution in [0.1, 0.15) is 38.3 Å². The molecule has 6 nitrogen and oxygen atoms in total. The first-order valence-electron chi connectivity index (χ1n) is 12.2. The first kappa shape index (κ1) is 26.5. The molecule has 1 aliphatic rings. The molecule has 0 spiro atoms. The van der Waals surface area contributed by atoms with Crippen LogP contribution in [0.3, 0.4) is 0 Å². The number of rotatable bonds is 8. The minimum absolute atomic E-state index is 0.145. The highest BCUT2D eigenvalue weighted by Crippen LogP contribution is 2.26. The summed E-state index contributed by atoms with van der Waals surface area (Å²) in [5.74, 6) is 0.412. The van der Waals surface area contributed by atoms with E-state index in [9.17, 15) is 13.2 Å². The number of piperidine rings is 1. The van der Waals surface area contributed by atoms with E-state index in [4.69, 9.17) is 0 Å². The zero-order valence-corrected chi connectivity index (χ0v) is 23.6. The highest BCUT2D eigenvalue weighted by molar-refractivity contribution is 14.1. The average Bonchev–Trinajstić information content (AvgIpc) is 2.89. The van der Waals surface area contributed by atoms with Gasteiger partial charge in [0.25, 0.3) is 10.0 Å². The van der Waals surface area contributed by atoms with Crippen molar-refractivity contribution in [2.24, 2.45) is 5.92 Å². The van der Waals surface area contributed by atoms with Crippen molar-refractivity contribution in [3.63, 3.8) is 0 Å². The summed E-state index contributed by atoms with van der Waals surface area (Å²) in [6.45, 7) is 6.03. The van der Waals surface area contributed by atoms with E-state index < -0.39 is 10.0 Å². The third kappa shape index (κ3) is 6.39. The Balaban J connectivity index is 1.47. The fraction of sp³-hybridized carbons (Fsp3) is 0.321. The third-order valence-corrected chi connectivity index (χ3v) is 9.16. The van der Waals surface area contributed by atoms with Gasteiger partial charge in [-0.05, 0) is 102 Å². The fourth-order valence-electron chi connectivity index (χ4n) is 4.38. The van der Waals surface area contributed by atoms with Crippen molar-refractivity contribution in [3.8, 4) is 0 Å². The van der Waals surface area contributed by atoms with Crippen LogP contribution in [0, 0.1) is 9.49 Å². The topological polar surface area (TPSA) is 69.7 Å². The van der Waals surface area contributed by atoms with E-state index in [1.54, 1.807) is 42.5 Å². The summed E-state index contributed by atoms with van der Waals surface area (Å²) in [5.41, 5.74) is 2.62. The Morgan fingerprint density at radius 3 is 2.22 bits per heavy atom. The fourth-order valence-corrected chi connectivity index (χ4v) is 6.19. The Bertz CT molecular complexity index is 1260. The van der Waals surface area contributed by atoms with Crippen LogP contribution in [-0.2, 0) is 14.8 Å². The van der Waals surface area contributed by atoms with Gasteiger partial charge in [-0.15, -0.1) is 0 Å². The van der Waals surface area contributed by atoms with Gasteiger partial charge < -0.3 is 10.2 Å². The van der Waals surface area contributed by atoms with E-state index in [-0.39, 0.29) is 23.4 Å². The zero-order valence-electron chi connectivity index (χ0n) is 20.6. The Morgan fingerprint density at radius 1 is 1.00 bits per heavy atom. The summed E-state index contributed by atoms with van der Waals surface area (Å²) in [6.07, 6.45) is 2.41. The van der Waals surface area contributed by atoms with E-state index in [1.165, 1.54) is 22.8 Å². The molecule has 1 unspecified atom stereocenters. The normalized spacial score (nSPS) is 15.4. The Labute approximate surface area is 227 Å². The molecule has 190 valence electrons. The summed E-state index contributed by atoms with van der Waals surface area (Å²) < 4.78 is 29.1. The van der Waals surface area contributed by atoms with Gasteiger partial charge in [-0.2, -0.15) is 0 Å². The lowest BCUT2D eigenvalue weighted by molar-refractivity contribution is -0.120. The molecular weight excluding hydrogens is 585 g/mol. The maximum atomic E-state index is 13.5. The van der Waals surface area contributed by atoms with E-state index >= 15 is 0 Å². The van der Waals surface area contributed by atoms with Crippen molar-refractivity contribution in [1.82, 2.24) is 5.32 Å². The molecular formula is C28H32IN3O3S. The van der Waals surface area contributed by atoms with Crippen LogP contribution >= 0.6 is 22.6 Å². The lowest BCUT2D eigenvalue weighted by Crippen LogP contribution is -2.41. The molecule has 3 aromatic rings. The van der Waals surface area contributed by atoms with Gasteiger partial charge >= 0.3 is 0 Å². The van der Waals surface area contributed by atoms with Crippen LogP contribution in [0.2, 0.25) is 0 Å². The maximum absolute atomic E-state index is 13.5. The number of benzene rings is 3. The van der Waals surface area contributed by atoms with E-state index in [1.807, 2.05) is 31.2 Å². The van der Waals surface area contributed by atoms with Gasteiger partial charge in [0.15, 0.2) is 0 Å². The SMILES string of the molecule is CC1CCN(c2ccc(C(C)NC(=O)CN(c3ccc(I)cc3)S(=O)(=O)c3ccccc3)cc2)CC1. The highest BCUT2D eigenvalue weighted by atomic mass is 127. The number of hydrogen-bond acceptors (Lipinski definition) is 4. The molecule has 1 N–H and O–H groups in total. The number of carbonyl (C=O) groups excluding carboxylic acids is 1. The van der Waals surface area contributed by atoms with Gasteiger partial charge in [0, 0.05) is 22.3 Å². The Morgan fingerprint density at radius 2 is 1.61 bits per heavy atom. The van der Waals surface area contributed by atoms with Crippen molar-refractivity contribution in [2.75, 3.05) is 28.8 Å². The molecule has 0 bridgehead atoms. The quantitative estimate of drug-likeness (QED) is 0.335. The Kier molecular flexibility index (Phi) is 8.56. The second-order valence-electron chi connectivity index (χ2n) is 9.35. The van der Waals surface area contributed by atoms with Crippen LogP contribution < -0.4 is 14.5 Å². The first-order valence-corrected chi connectivity index (χ1v) is 14.7. The number of nitrogens with one attached hydrogen (secondary N) is 1. The number of nitrogens with zero attached hydrogens (tertiary/aromatic N) is 2. The second-order valence-corrected chi connectivity index (χ2v) is 12.5. The molecule has 1 heterocycles. The average molecular weight is 618 g/mol. The highest BCUT2D eigenvalue weighted by Gasteiger charge is 2.27. The molecule has 1 aliphatic heterocycles. The molecule has 0 aromatic heterocycles. The van der Waals surface area contributed by atoms with E-state index in [0.717, 1.165) is 28.1 Å². The van der Waals surface area contributed by atoms with E-state index in [2.05, 4.69) is 51.9 Å². The number of carbonyl (C=O) groups is 1. The number of sulfonamides is 1. The molecule has 4 rings (SSSR count). The summed E-state index contributed by atoms with van der Waals surface area (Å²) in [6, 6.07) is 23.3. The predicted molar refractivity (Wildman–Crippen MR) is 154 cm³/mol. The molecule has 1 atom stereocenters. The van der Waals surface area contributed by atoms with Crippen LogP contribution in [0.15, 0.2) is 83.8 Å². The summed E-state index contributed by atoms with van der Waals surface area (Å²) in [5, 5.41) is 2.98. The number of hydrogen-bond donors (Lipinski definition) is 1. The molecule has 0 radical (unpaired) electrons. The first-order chi connectivity index (χ1) is 17.2. The number of amides is 1. The van der Waals surface area contributed by atoms with Crippen LogP contribution in [0.25, 0.3) is 0 Å². The van der Waals surface area contributed by atoms with Crippen molar-refractivity contribution >= 4 is 49.9 Å². The van der Waals surface area contributed by atoms with Crippen LogP contribution in [0.5, 0.6) is 0 Å². The Hall–Kier alpha value is -2.59. The standard InChI is InChI=1S/C28H32IN3O3S/c1-21-16-18-31(19-17-21)25-12-8-23(9-13-25)22(2)30-28(33)20-32(26-14-10-24(29)11-15-26)36(34,35)27-6-4-3-5-7-27/h3-15,21-22H,16-20H2,1-2H3,(H,30,33). The van der Waals surface area contributed by atoms with Crippen molar-refractivity contribution in [2.45, 2.75) is 37.6 Å². The molecule has 3 aromatic carbocycles. The van der Waals surface area contributed by atoms with Crippen molar-refractivity contribution in [1.29, 1.82) is 0 Å². The minimum Gasteiger partial charge on any atom is -0.372 e. The minimum atomic E-state index is -3.92. The summed E-state index contributed by atoms with van der Waals surface area (Å²) in [4.78, 5) is 15.6. The van der Waals surface area contributed by atoms with Crippen molar-refractivity contribution < 1.29 is 13.2 Å². The molecule has 1 fully saturated rings. The van der Waals surface area contributed by atoms with Gasteiger partial charge in [-0.1, -0.05) is 37.3 Å². The number of anilines is 2. The van der Waals surface area contributed by atoms with E-state index in [0.29, 0.717) is 5.69 Å². The molecule has 0 aliphatic carbocycles. The lowest BCUT2D eigenvalue weighted by Gasteiger charge is -2.32. The number of halogens is 1. The predicted octanol–water partition coefficient (Wildman–Crippen LogP) is 5.60. The largest absolute Gasteiger partial charge is 0.372 e. The van der Waals surface area contributed by atoms with Crippen LogP contribution in [-0.4, -0.2) is 34.0 Å². The van der Waals surface area contributed by atoms with Gasteiger partial charge in [0.1, 0.15) is 6.54 Å². The smallest absolute Gasteiger partial charge is 0.264 e. The van der Waals surface area contributed by atoms with Crippen molar-refractivity contribution in [3.05, 3.63) is 88.0 Å². The monoisotopic (exact) mass is 617 g/mol. The summed E-state index contributed by atoms with van der Waals surface area (Å²) >= 11 is 2.17.